The second-order valence-corrected chi connectivity index (χ2v) is 6.99. The van der Waals surface area contributed by atoms with E-state index in [-0.39, 0.29) is 21.2 Å². The van der Waals surface area contributed by atoms with Crippen LogP contribution in [-0.2, 0) is 0 Å². The average Bonchev–Trinajstić information content (AvgIpc) is 3.17. The number of benzene rings is 2. The van der Waals surface area contributed by atoms with E-state index in [9.17, 15) is 14.4 Å². The molecule has 29 heavy (non-hydrogen) atoms. The Bertz CT molecular complexity index is 1350. The summed E-state index contributed by atoms with van der Waals surface area (Å²) in [6.45, 7) is 1.40. The number of aromatic nitrogens is 2. The number of hydrogen-bond acceptors (Lipinski definition) is 7. The number of amides is 1. The molecule has 0 fully saturated rings. The van der Waals surface area contributed by atoms with Crippen molar-refractivity contribution >= 4 is 34.0 Å². The van der Waals surface area contributed by atoms with E-state index in [0.717, 1.165) is 11.3 Å². The summed E-state index contributed by atoms with van der Waals surface area (Å²) in [5, 5.41) is 9.18. The Morgan fingerprint density at radius 3 is 2.59 bits per heavy atom. The quantitative estimate of drug-likeness (QED) is 0.318. The van der Waals surface area contributed by atoms with Crippen molar-refractivity contribution < 1.29 is 14.0 Å². The standard InChI is InChI=1S/C20H14N4O4S/c1-12(25)18-23-24(14-8-3-2-4-9-14)20(29-18)22-21-17(26)15-11-13-7-5-6-10-16(13)28-19(15)27/h2-11H,1H3,(H,21,26)/b22-20-. The summed E-state index contributed by atoms with van der Waals surface area (Å²) in [5.41, 5.74) is 2.48. The summed E-state index contributed by atoms with van der Waals surface area (Å²) >= 11 is 1.03. The summed E-state index contributed by atoms with van der Waals surface area (Å²) in [5.74, 6) is -0.940. The number of rotatable bonds is 4. The Morgan fingerprint density at radius 2 is 1.83 bits per heavy atom. The van der Waals surface area contributed by atoms with Crippen LogP contribution in [0.2, 0.25) is 0 Å². The van der Waals surface area contributed by atoms with Crippen LogP contribution in [0.4, 0.5) is 0 Å². The monoisotopic (exact) mass is 406 g/mol. The predicted molar refractivity (Wildman–Crippen MR) is 107 cm³/mol. The number of nitrogens with zero attached hydrogens (tertiary/aromatic N) is 3. The van der Waals surface area contributed by atoms with Crippen LogP contribution < -0.4 is 15.9 Å². The van der Waals surface area contributed by atoms with Crippen LogP contribution in [0.15, 0.2) is 75.0 Å². The van der Waals surface area contributed by atoms with E-state index < -0.39 is 11.5 Å². The Kier molecular flexibility index (Phi) is 4.88. The van der Waals surface area contributed by atoms with Gasteiger partial charge in [-0.25, -0.2) is 14.9 Å². The van der Waals surface area contributed by atoms with Gasteiger partial charge in [-0.3, -0.25) is 9.59 Å². The number of fused-ring (bicyclic) bond motifs is 1. The summed E-state index contributed by atoms with van der Waals surface area (Å²) in [6, 6.07) is 17.4. The van der Waals surface area contributed by atoms with Crippen molar-refractivity contribution in [3.63, 3.8) is 0 Å². The maximum atomic E-state index is 12.5. The molecule has 9 heteroatoms. The Hall–Kier alpha value is -3.85. The molecule has 0 radical (unpaired) electrons. The van der Waals surface area contributed by atoms with Gasteiger partial charge in [-0.1, -0.05) is 47.7 Å². The van der Waals surface area contributed by atoms with Crippen LogP contribution in [0.25, 0.3) is 16.7 Å². The predicted octanol–water partition coefficient (Wildman–Crippen LogP) is 2.49. The summed E-state index contributed by atoms with van der Waals surface area (Å²) in [7, 11) is 0. The van der Waals surface area contributed by atoms with Gasteiger partial charge in [0.15, 0.2) is 10.8 Å². The number of nitrogens with one attached hydrogen (secondary N) is 1. The first-order chi connectivity index (χ1) is 14.0. The fraction of sp³-hybridized carbons (Fsp3) is 0.0500. The van der Waals surface area contributed by atoms with Gasteiger partial charge < -0.3 is 4.42 Å². The minimum Gasteiger partial charge on any atom is -0.422 e. The molecule has 2 aromatic heterocycles. The lowest BCUT2D eigenvalue weighted by atomic mass is 10.2. The second kappa shape index (κ2) is 7.64. The highest BCUT2D eigenvalue weighted by atomic mass is 32.1. The molecule has 0 saturated heterocycles. The van der Waals surface area contributed by atoms with Gasteiger partial charge in [-0.05, 0) is 24.3 Å². The topological polar surface area (TPSA) is 107 Å². The maximum absolute atomic E-state index is 12.5. The highest BCUT2D eigenvalue weighted by molar-refractivity contribution is 7.10. The molecule has 1 amide bonds. The van der Waals surface area contributed by atoms with Crippen LogP contribution in [0.5, 0.6) is 0 Å². The zero-order valence-corrected chi connectivity index (χ0v) is 16.0. The summed E-state index contributed by atoms with van der Waals surface area (Å²) < 4.78 is 6.63. The third-order valence-electron chi connectivity index (χ3n) is 4.00. The van der Waals surface area contributed by atoms with E-state index in [2.05, 4.69) is 15.6 Å². The normalized spacial score (nSPS) is 11.6. The van der Waals surface area contributed by atoms with Crippen LogP contribution in [0, 0.1) is 0 Å². The third-order valence-corrected chi connectivity index (χ3v) is 5.01. The van der Waals surface area contributed by atoms with Gasteiger partial charge in [0.25, 0.3) is 5.91 Å². The highest BCUT2D eigenvalue weighted by Crippen LogP contribution is 2.12. The van der Waals surface area contributed by atoms with E-state index in [1.165, 1.54) is 17.7 Å². The molecule has 1 N–H and O–H groups in total. The molecule has 4 rings (SSSR count). The molecule has 4 aromatic rings. The summed E-state index contributed by atoms with van der Waals surface area (Å²) in [6.07, 6.45) is 0. The first-order valence-corrected chi connectivity index (χ1v) is 9.38. The van der Waals surface area contributed by atoms with Crippen LogP contribution in [0.3, 0.4) is 0 Å². The molecule has 0 spiro atoms. The van der Waals surface area contributed by atoms with Crippen molar-refractivity contribution in [3.8, 4) is 5.69 Å². The fourth-order valence-corrected chi connectivity index (χ4v) is 3.38. The number of carbonyl (C=O) groups excluding carboxylic acids is 2. The molecule has 2 heterocycles. The van der Waals surface area contributed by atoms with Crippen molar-refractivity contribution in [2.24, 2.45) is 5.10 Å². The Balaban J connectivity index is 1.72. The van der Waals surface area contributed by atoms with E-state index >= 15 is 0 Å². The van der Waals surface area contributed by atoms with Crippen LogP contribution in [0.1, 0.15) is 27.1 Å². The molecule has 0 aliphatic carbocycles. The molecule has 2 aromatic carbocycles. The van der Waals surface area contributed by atoms with Crippen LogP contribution >= 0.6 is 11.3 Å². The van der Waals surface area contributed by atoms with Gasteiger partial charge in [-0.15, -0.1) is 5.10 Å². The van der Waals surface area contributed by atoms with Gasteiger partial charge in [0.05, 0.1) is 5.69 Å². The molecule has 8 nitrogen and oxygen atoms in total. The van der Waals surface area contributed by atoms with Gasteiger partial charge in [0.1, 0.15) is 11.1 Å². The molecule has 144 valence electrons. The zero-order chi connectivity index (χ0) is 20.4. The number of ketones is 1. The minimum atomic E-state index is -0.763. The van der Waals surface area contributed by atoms with Gasteiger partial charge in [0.2, 0.25) is 4.80 Å². The van der Waals surface area contributed by atoms with Gasteiger partial charge in [0, 0.05) is 12.3 Å². The molecule has 0 unspecified atom stereocenters. The molecule has 0 aliphatic heterocycles. The van der Waals surface area contributed by atoms with Gasteiger partial charge >= 0.3 is 5.63 Å². The van der Waals surface area contributed by atoms with Crippen molar-refractivity contribution in [2.75, 3.05) is 0 Å². The van der Waals surface area contributed by atoms with E-state index in [4.69, 9.17) is 4.42 Å². The number of para-hydroxylation sites is 2. The van der Waals surface area contributed by atoms with E-state index in [1.807, 2.05) is 18.2 Å². The minimum absolute atomic E-state index is 0.171. The van der Waals surface area contributed by atoms with Crippen molar-refractivity contribution in [1.29, 1.82) is 0 Å². The lowest BCUT2D eigenvalue weighted by Gasteiger charge is -2.02. The lowest BCUT2D eigenvalue weighted by molar-refractivity contribution is 0.0948. The Morgan fingerprint density at radius 1 is 1.10 bits per heavy atom. The largest absolute Gasteiger partial charge is 0.422 e. The second-order valence-electron chi connectivity index (χ2n) is 6.03. The molecule has 0 aliphatic rings. The van der Waals surface area contributed by atoms with E-state index in [1.54, 1.807) is 36.4 Å². The molecular formula is C20H14N4O4S. The molecule has 0 bridgehead atoms. The highest BCUT2D eigenvalue weighted by Gasteiger charge is 2.15. The van der Waals surface area contributed by atoms with Gasteiger partial charge in [-0.2, -0.15) is 5.10 Å². The summed E-state index contributed by atoms with van der Waals surface area (Å²) in [4.78, 5) is 36.7. The maximum Gasteiger partial charge on any atom is 0.349 e. The lowest BCUT2D eigenvalue weighted by Crippen LogP contribution is -2.27. The molecular weight excluding hydrogens is 392 g/mol. The number of carbonyl (C=O) groups is 2. The zero-order valence-electron chi connectivity index (χ0n) is 15.2. The average molecular weight is 406 g/mol. The fourth-order valence-electron chi connectivity index (χ4n) is 2.61. The smallest absolute Gasteiger partial charge is 0.349 e. The SMILES string of the molecule is CC(=O)c1nn(-c2ccccc2)/c(=N/NC(=O)c2cc3ccccc3oc2=O)s1. The first kappa shape index (κ1) is 18.5. The number of hydrogen-bond donors (Lipinski definition) is 1. The third kappa shape index (κ3) is 3.76. The van der Waals surface area contributed by atoms with Crippen molar-refractivity contribution in [2.45, 2.75) is 6.92 Å². The van der Waals surface area contributed by atoms with Crippen LogP contribution in [-0.4, -0.2) is 21.5 Å². The van der Waals surface area contributed by atoms with E-state index in [0.29, 0.717) is 16.7 Å². The number of Topliss-reactive ketones (excluding diaryl/α,β-unsaturated/α-hetero) is 1. The Labute approximate surface area is 167 Å². The molecule has 0 saturated carbocycles. The first-order valence-electron chi connectivity index (χ1n) is 8.56. The molecule has 0 atom stereocenters. The van der Waals surface area contributed by atoms with Crippen molar-refractivity contribution in [3.05, 3.63) is 86.5 Å². The van der Waals surface area contributed by atoms with Crippen molar-refractivity contribution in [1.82, 2.24) is 15.2 Å².